The summed E-state index contributed by atoms with van der Waals surface area (Å²) in [4.78, 5) is 70.7. The second-order valence-corrected chi connectivity index (χ2v) is 15.1. The summed E-state index contributed by atoms with van der Waals surface area (Å²) in [7, 11) is 6.56. The van der Waals surface area contributed by atoms with Gasteiger partial charge < -0.3 is 35.6 Å². The Morgan fingerprint density at radius 3 is 2.16 bits per heavy atom. The Labute approximate surface area is 305 Å². The van der Waals surface area contributed by atoms with E-state index in [2.05, 4.69) is 10.6 Å². The Hall–Kier alpha value is -3.35. The first kappa shape index (κ1) is 43.8. The minimum atomic E-state index is -0.899. The second-order valence-electron chi connectivity index (χ2n) is 15.1. The van der Waals surface area contributed by atoms with Crippen molar-refractivity contribution < 1.29 is 33.4 Å². The molecule has 4 amide bonds. The van der Waals surface area contributed by atoms with Crippen molar-refractivity contribution in [2.45, 2.75) is 123 Å². The number of primary amides is 1. The monoisotopic (exact) mass is 715 g/mol. The third kappa shape index (κ3) is 11.6. The number of likely N-dealkylation sites (tertiary alicyclic amines) is 1. The van der Waals surface area contributed by atoms with Crippen molar-refractivity contribution in [3.05, 3.63) is 35.9 Å². The van der Waals surface area contributed by atoms with Crippen LogP contribution in [0, 0.1) is 23.7 Å². The number of ketones is 1. The fourth-order valence-electron chi connectivity index (χ4n) is 7.15. The molecule has 1 heterocycles. The van der Waals surface area contributed by atoms with Crippen LogP contribution >= 0.6 is 0 Å². The predicted octanol–water partition coefficient (Wildman–Crippen LogP) is 3.35. The quantitative estimate of drug-likeness (QED) is 0.175. The van der Waals surface area contributed by atoms with E-state index in [1.807, 2.05) is 71.9 Å². The number of carbonyl (C=O) groups excluding carboxylic acids is 5. The lowest BCUT2D eigenvalue weighted by atomic mass is 9.83. The van der Waals surface area contributed by atoms with Crippen LogP contribution in [-0.2, 0) is 39.9 Å². The summed E-state index contributed by atoms with van der Waals surface area (Å²) in [6, 6.07) is 7.62. The van der Waals surface area contributed by atoms with E-state index >= 15 is 0 Å². The molecule has 1 aromatic carbocycles. The number of hydrogen-bond donors (Lipinski definition) is 3. The van der Waals surface area contributed by atoms with Crippen LogP contribution in [0.1, 0.15) is 86.1 Å². The summed E-state index contributed by atoms with van der Waals surface area (Å²) in [5.41, 5.74) is 5.77. The summed E-state index contributed by atoms with van der Waals surface area (Å²) in [5, 5.41) is 5.85. The zero-order valence-electron chi connectivity index (χ0n) is 32.9. The minimum Gasteiger partial charge on any atom is -0.379 e. The summed E-state index contributed by atoms with van der Waals surface area (Å²) in [5.74, 6) is -2.67. The minimum absolute atomic E-state index is 0.00660. The van der Waals surface area contributed by atoms with Gasteiger partial charge in [0, 0.05) is 46.6 Å². The van der Waals surface area contributed by atoms with Crippen molar-refractivity contribution in [2.24, 2.45) is 29.4 Å². The molecule has 1 aliphatic rings. The summed E-state index contributed by atoms with van der Waals surface area (Å²) in [6.45, 7) is 13.8. The van der Waals surface area contributed by atoms with Gasteiger partial charge in [0.2, 0.25) is 23.6 Å². The molecular formula is C39H65N5O7. The van der Waals surface area contributed by atoms with E-state index in [9.17, 15) is 24.0 Å². The van der Waals surface area contributed by atoms with E-state index in [4.69, 9.17) is 15.2 Å². The molecule has 1 aromatic rings. The third-order valence-electron chi connectivity index (χ3n) is 11.1. The third-order valence-corrected chi connectivity index (χ3v) is 11.1. The Morgan fingerprint density at radius 2 is 1.65 bits per heavy atom. The van der Waals surface area contributed by atoms with Crippen LogP contribution in [0.15, 0.2) is 30.3 Å². The van der Waals surface area contributed by atoms with Gasteiger partial charge in [-0.15, -0.1) is 0 Å². The van der Waals surface area contributed by atoms with E-state index in [-0.39, 0.29) is 60.6 Å². The maximum Gasteiger partial charge on any atom is 0.240 e. The van der Waals surface area contributed by atoms with E-state index in [0.717, 1.165) is 18.4 Å². The van der Waals surface area contributed by atoms with E-state index in [1.54, 1.807) is 37.9 Å². The summed E-state index contributed by atoms with van der Waals surface area (Å²) >= 11 is 0. The highest BCUT2D eigenvalue weighted by Crippen LogP contribution is 2.31. The molecule has 0 spiro atoms. The van der Waals surface area contributed by atoms with Gasteiger partial charge in [-0.05, 0) is 51.1 Å². The highest BCUT2D eigenvalue weighted by Gasteiger charge is 2.43. The Balaban J connectivity index is 2.26. The van der Waals surface area contributed by atoms with Crippen LogP contribution < -0.4 is 16.4 Å². The van der Waals surface area contributed by atoms with E-state index < -0.39 is 47.6 Å². The number of amides is 4. The molecule has 288 valence electrons. The molecule has 12 heteroatoms. The first-order chi connectivity index (χ1) is 23.9. The number of carbonyl (C=O) groups is 5. The number of likely N-dealkylation sites (N-methyl/N-ethyl adjacent to an activating group) is 2. The molecule has 51 heavy (non-hydrogen) atoms. The molecule has 2 rings (SSSR count). The number of Topliss-reactive ketones (excluding diaryl/α,β-unsaturated/α-hetero) is 1. The molecule has 0 saturated carbocycles. The van der Waals surface area contributed by atoms with Gasteiger partial charge in [0.05, 0.1) is 42.2 Å². The van der Waals surface area contributed by atoms with Gasteiger partial charge in [-0.3, -0.25) is 24.0 Å². The van der Waals surface area contributed by atoms with Crippen molar-refractivity contribution in [3.63, 3.8) is 0 Å². The van der Waals surface area contributed by atoms with Gasteiger partial charge in [0.25, 0.3) is 0 Å². The van der Waals surface area contributed by atoms with Gasteiger partial charge in [-0.2, -0.15) is 0 Å². The lowest BCUT2D eigenvalue weighted by molar-refractivity contribution is -0.149. The van der Waals surface area contributed by atoms with Crippen molar-refractivity contribution in [1.29, 1.82) is 0 Å². The number of benzene rings is 1. The lowest BCUT2D eigenvalue weighted by Gasteiger charge is -2.41. The van der Waals surface area contributed by atoms with Gasteiger partial charge in [-0.1, -0.05) is 71.4 Å². The molecule has 8 atom stereocenters. The van der Waals surface area contributed by atoms with Crippen LogP contribution in [0.25, 0.3) is 0 Å². The fraction of sp³-hybridized carbons (Fsp3) is 0.718. The molecule has 12 nitrogen and oxygen atoms in total. The highest BCUT2D eigenvalue weighted by atomic mass is 16.5. The number of ether oxygens (including phenoxy) is 2. The zero-order chi connectivity index (χ0) is 38.6. The number of nitrogens with zero attached hydrogens (tertiary/aromatic N) is 2. The molecule has 8 unspecified atom stereocenters. The number of nitrogens with two attached hydrogens (primary N) is 1. The normalized spacial score (nSPS) is 19.1. The topological polar surface area (TPSA) is 160 Å². The van der Waals surface area contributed by atoms with Gasteiger partial charge in [0.1, 0.15) is 6.04 Å². The zero-order valence-corrected chi connectivity index (χ0v) is 32.9. The Kier molecular flexibility index (Phi) is 17.2. The first-order valence-electron chi connectivity index (χ1n) is 18.4. The molecule has 1 saturated heterocycles. The highest BCUT2D eigenvalue weighted by molar-refractivity contribution is 5.92. The van der Waals surface area contributed by atoms with Crippen LogP contribution in [0.2, 0.25) is 0 Å². The van der Waals surface area contributed by atoms with Crippen LogP contribution in [0.4, 0.5) is 0 Å². The average molecular weight is 716 g/mol. The maximum absolute atomic E-state index is 14.1. The molecule has 0 radical (unpaired) electrons. The molecule has 0 aliphatic carbocycles. The van der Waals surface area contributed by atoms with Crippen LogP contribution in [-0.4, -0.2) is 110 Å². The number of methoxy groups -OCH3 is 2. The van der Waals surface area contributed by atoms with Gasteiger partial charge in [-0.25, -0.2) is 0 Å². The number of rotatable bonds is 21. The Bertz CT molecular complexity index is 1310. The van der Waals surface area contributed by atoms with Crippen LogP contribution in [0.3, 0.4) is 0 Å². The Morgan fingerprint density at radius 1 is 1.02 bits per heavy atom. The fourth-order valence-corrected chi connectivity index (χ4v) is 7.15. The van der Waals surface area contributed by atoms with Gasteiger partial charge in [0.15, 0.2) is 5.78 Å². The predicted molar refractivity (Wildman–Crippen MR) is 198 cm³/mol. The maximum atomic E-state index is 14.1. The molecule has 1 fully saturated rings. The van der Waals surface area contributed by atoms with Crippen molar-refractivity contribution in [3.8, 4) is 0 Å². The van der Waals surface area contributed by atoms with Crippen LogP contribution in [0.5, 0.6) is 0 Å². The first-order valence-corrected chi connectivity index (χ1v) is 18.4. The average Bonchev–Trinajstić information content (AvgIpc) is 3.59. The van der Waals surface area contributed by atoms with Gasteiger partial charge >= 0.3 is 0 Å². The molecule has 1 aliphatic heterocycles. The largest absolute Gasteiger partial charge is 0.379 e. The van der Waals surface area contributed by atoms with E-state index in [0.29, 0.717) is 13.0 Å². The number of nitrogens with one attached hydrogen (secondary N) is 2. The molecular weight excluding hydrogens is 650 g/mol. The lowest BCUT2D eigenvalue weighted by Crippen LogP contribution is -2.55. The molecule has 0 bridgehead atoms. The number of hydrogen-bond acceptors (Lipinski definition) is 8. The standard InChI is InChI=1S/C39H65N5O7/c1-12-25(4)34(43(9)38(49)28(24(2)3)22-32(45)39(6,7)41-8)31(50-10)23-33(46)44-20-16-19-30(44)35(51-11)26(5)37(48)42-29(36(40)47)21-27-17-14-13-15-18-27/h13-15,17-18,24-26,28-31,34-35,41H,12,16,19-23H2,1-11H3,(H2,40,47)(H,42,48). The molecule has 0 aromatic heterocycles. The van der Waals surface area contributed by atoms with E-state index in [1.165, 1.54) is 7.11 Å². The summed E-state index contributed by atoms with van der Waals surface area (Å²) in [6.07, 6.45) is 1.26. The SMILES string of the molecule is CCC(C)C(C(CC(=O)N1CCCC1C(OC)C(C)C(=O)NC(Cc1ccccc1)C(N)=O)OC)N(C)C(=O)C(CC(=O)C(C)(C)NC)C(C)C. The van der Waals surface area contributed by atoms with Crippen molar-refractivity contribution in [1.82, 2.24) is 20.4 Å². The van der Waals surface area contributed by atoms with Crippen molar-refractivity contribution in [2.75, 3.05) is 34.9 Å². The smallest absolute Gasteiger partial charge is 0.240 e. The van der Waals surface area contributed by atoms with Crippen molar-refractivity contribution >= 4 is 29.4 Å². The molecule has 4 N–H and O–H groups in total. The second kappa shape index (κ2) is 20.0. The summed E-state index contributed by atoms with van der Waals surface area (Å²) < 4.78 is 11.9.